The van der Waals surface area contributed by atoms with Crippen LogP contribution >= 0.6 is 11.6 Å². The number of piperidine rings is 1. The fourth-order valence-corrected chi connectivity index (χ4v) is 4.61. The second kappa shape index (κ2) is 8.45. The molecule has 2 aromatic carbocycles. The summed E-state index contributed by atoms with van der Waals surface area (Å²) in [6.07, 6.45) is 5.17. The Hall–Kier alpha value is -1.84. The molecular weight excluding hydrogens is 356 g/mol. The number of halogens is 1. The molecule has 3 nitrogen and oxygen atoms in total. The molecule has 1 N–H and O–H groups in total. The van der Waals surface area contributed by atoms with E-state index in [4.69, 9.17) is 11.6 Å². The van der Waals surface area contributed by atoms with E-state index < -0.39 is 0 Å². The lowest BCUT2D eigenvalue weighted by molar-refractivity contribution is -0.127. The summed E-state index contributed by atoms with van der Waals surface area (Å²) in [6.45, 7) is 2.76. The van der Waals surface area contributed by atoms with Crippen LogP contribution in [0.4, 0.5) is 0 Å². The largest absolute Gasteiger partial charge is 0.349 e. The molecule has 142 valence electrons. The van der Waals surface area contributed by atoms with Crippen molar-refractivity contribution in [3.8, 4) is 0 Å². The van der Waals surface area contributed by atoms with E-state index in [1.807, 2.05) is 18.2 Å². The molecule has 0 saturated carbocycles. The molecular formula is C23H27ClN2O. The Morgan fingerprint density at radius 3 is 2.59 bits per heavy atom. The number of carbonyl (C=O) groups is 1. The summed E-state index contributed by atoms with van der Waals surface area (Å²) >= 11 is 6.28. The van der Waals surface area contributed by atoms with Crippen molar-refractivity contribution in [2.45, 2.75) is 44.7 Å². The van der Waals surface area contributed by atoms with Gasteiger partial charge in [-0.05, 0) is 68.0 Å². The number of amides is 1. The third-order valence-electron chi connectivity index (χ3n) is 6.00. The molecule has 4 heteroatoms. The van der Waals surface area contributed by atoms with Gasteiger partial charge in [-0.15, -0.1) is 0 Å². The highest BCUT2D eigenvalue weighted by Crippen LogP contribution is 2.30. The maximum absolute atomic E-state index is 12.8. The molecule has 1 amide bonds. The minimum absolute atomic E-state index is 0.126. The lowest BCUT2D eigenvalue weighted by Gasteiger charge is -2.33. The van der Waals surface area contributed by atoms with Gasteiger partial charge in [-0.25, -0.2) is 0 Å². The van der Waals surface area contributed by atoms with Gasteiger partial charge in [-0.3, -0.25) is 9.69 Å². The smallest absolute Gasteiger partial charge is 0.223 e. The number of nitrogens with one attached hydrogen (secondary N) is 1. The van der Waals surface area contributed by atoms with Gasteiger partial charge in [0.2, 0.25) is 5.91 Å². The van der Waals surface area contributed by atoms with Gasteiger partial charge in [0, 0.05) is 17.5 Å². The number of likely N-dealkylation sites (tertiary alicyclic amines) is 1. The first-order valence-electron chi connectivity index (χ1n) is 10.0. The predicted octanol–water partition coefficient (Wildman–Crippen LogP) is 4.75. The Kier molecular flexibility index (Phi) is 5.80. The van der Waals surface area contributed by atoms with Crippen molar-refractivity contribution >= 4 is 17.5 Å². The predicted molar refractivity (Wildman–Crippen MR) is 110 cm³/mol. The first-order valence-corrected chi connectivity index (χ1v) is 10.4. The summed E-state index contributed by atoms with van der Waals surface area (Å²) < 4.78 is 0. The molecule has 2 aliphatic rings. The fourth-order valence-electron chi connectivity index (χ4n) is 4.41. The van der Waals surface area contributed by atoms with Crippen LogP contribution < -0.4 is 5.32 Å². The van der Waals surface area contributed by atoms with Crippen LogP contribution in [0.5, 0.6) is 0 Å². The molecule has 0 radical (unpaired) electrons. The zero-order valence-corrected chi connectivity index (χ0v) is 16.4. The standard InChI is InChI=1S/C23H27ClN2O/c24-21-10-4-2-7-19(21)16-26-14-12-18(13-15-26)23(27)25-22-11-5-8-17-6-1-3-9-20(17)22/h1-4,6-7,9-10,18,22H,5,8,11-16H2,(H,25,27)/t22-/m1/s1. The van der Waals surface area contributed by atoms with Gasteiger partial charge in [0.05, 0.1) is 6.04 Å². The summed E-state index contributed by atoms with van der Waals surface area (Å²) in [5, 5.41) is 4.17. The minimum Gasteiger partial charge on any atom is -0.349 e. The molecule has 1 saturated heterocycles. The summed E-state index contributed by atoms with van der Waals surface area (Å²) in [7, 11) is 0. The monoisotopic (exact) mass is 382 g/mol. The van der Waals surface area contributed by atoms with Crippen molar-refractivity contribution in [3.63, 3.8) is 0 Å². The molecule has 1 atom stereocenters. The molecule has 0 spiro atoms. The first kappa shape index (κ1) is 18.5. The summed E-state index contributed by atoms with van der Waals surface area (Å²) in [5.41, 5.74) is 3.87. The minimum atomic E-state index is 0.126. The highest BCUT2D eigenvalue weighted by atomic mass is 35.5. The Bertz CT molecular complexity index is 798. The fraction of sp³-hybridized carbons (Fsp3) is 0.435. The molecule has 2 aromatic rings. The number of rotatable bonds is 4. The Morgan fingerprint density at radius 2 is 1.78 bits per heavy atom. The molecule has 1 fully saturated rings. The number of hydrogen-bond donors (Lipinski definition) is 1. The van der Waals surface area contributed by atoms with E-state index >= 15 is 0 Å². The van der Waals surface area contributed by atoms with Gasteiger partial charge >= 0.3 is 0 Å². The third kappa shape index (κ3) is 4.36. The molecule has 0 aromatic heterocycles. The number of fused-ring (bicyclic) bond motifs is 1. The number of nitrogens with zero attached hydrogens (tertiary/aromatic N) is 1. The summed E-state index contributed by atoms with van der Waals surface area (Å²) in [5.74, 6) is 0.357. The molecule has 0 unspecified atom stereocenters. The van der Waals surface area contributed by atoms with Crippen molar-refractivity contribution in [1.29, 1.82) is 0 Å². The van der Waals surface area contributed by atoms with Crippen molar-refractivity contribution < 1.29 is 4.79 Å². The van der Waals surface area contributed by atoms with E-state index in [2.05, 4.69) is 40.5 Å². The van der Waals surface area contributed by atoms with Gasteiger partial charge in [-0.1, -0.05) is 54.1 Å². The highest BCUT2D eigenvalue weighted by molar-refractivity contribution is 6.31. The van der Waals surface area contributed by atoms with Gasteiger partial charge in [0.1, 0.15) is 0 Å². The van der Waals surface area contributed by atoms with Crippen molar-refractivity contribution in [3.05, 3.63) is 70.2 Å². The van der Waals surface area contributed by atoms with E-state index in [1.165, 1.54) is 16.7 Å². The van der Waals surface area contributed by atoms with Gasteiger partial charge in [0.15, 0.2) is 0 Å². The Balaban J connectivity index is 1.31. The number of hydrogen-bond acceptors (Lipinski definition) is 2. The number of aryl methyl sites for hydroxylation is 1. The van der Waals surface area contributed by atoms with Crippen LogP contribution in [0.15, 0.2) is 48.5 Å². The van der Waals surface area contributed by atoms with Crippen LogP contribution in [0.2, 0.25) is 5.02 Å². The Labute approximate surface area is 166 Å². The average molecular weight is 383 g/mol. The lowest BCUT2D eigenvalue weighted by atomic mass is 9.87. The highest BCUT2D eigenvalue weighted by Gasteiger charge is 2.28. The molecule has 1 aliphatic carbocycles. The molecule has 1 heterocycles. The normalized spacial score (nSPS) is 20.9. The average Bonchev–Trinajstić information content (AvgIpc) is 2.70. The van der Waals surface area contributed by atoms with Crippen molar-refractivity contribution in [2.75, 3.05) is 13.1 Å². The van der Waals surface area contributed by atoms with Gasteiger partial charge in [-0.2, -0.15) is 0 Å². The molecule has 1 aliphatic heterocycles. The molecule has 4 rings (SSSR count). The van der Waals surface area contributed by atoms with Crippen LogP contribution in [0.1, 0.15) is 48.4 Å². The van der Waals surface area contributed by atoms with Gasteiger partial charge in [0.25, 0.3) is 0 Å². The van der Waals surface area contributed by atoms with Crippen LogP contribution in [0, 0.1) is 5.92 Å². The quantitative estimate of drug-likeness (QED) is 0.827. The van der Waals surface area contributed by atoms with Crippen LogP contribution in [-0.4, -0.2) is 23.9 Å². The second-order valence-electron chi connectivity index (χ2n) is 7.79. The lowest BCUT2D eigenvalue weighted by Crippen LogP contribution is -2.41. The van der Waals surface area contributed by atoms with E-state index in [0.717, 1.165) is 56.8 Å². The number of carbonyl (C=O) groups excluding carboxylic acids is 1. The van der Waals surface area contributed by atoms with Crippen LogP contribution in [0.25, 0.3) is 0 Å². The number of benzene rings is 2. The maximum Gasteiger partial charge on any atom is 0.223 e. The van der Waals surface area contributed by atoms with Gasteiger partial charge < -0.3 is 5.32 Å². The Morgan fingerprint density at radius 1 is 1.04 bits per heavy atom. The third-order valence-corrected chi connectivity index (χ3v) is 6.36. The summed E-state index contributed by atoms with van der Waals surface area (Å²) in [4.78, 5) is 15.2. The van der Waals surface area contributed by atoms with Crippen molar-refractivity contribution in [2.24, 2.45) is 5.92 Å². The molecule has 27 heavy (non-hydrogen) atoms. The SMILES string of the molecule is O=C(N[C@@H]1CCCc2ccccc21)C1CCN(Cc2ccccc2Cl)CC1. The van der Waals surface area contributed by atoms with Crippen LogP contribution in [0.3, 0.4) is 0 Å². The van der Waals surface area contributed by atoms with E-state index in [1.54, 1.807) is 0 Å². The zero-order chi connectivity index (χ0) is 18.6. The second-order valence-corrected chi connectivity index (χ2v) is 8.20. The topological polar surface area (TPSA) is 32.3 Å². The molecule has 0 bridgehead atoms. The maximum atomic E-state index is 12.8. The van der Waals surface area contributed by atoms with E-state index in [0.29, 0.717) is 0 Å². The summed E-state index contributed by atoms with van der Waals surface area (Å²) in [6, 6.07) is 16.8. The van der Waals surface area contributed by atoms with E-state index in [9.17, 15) is 4.79 Å². The first-order chi connectivity index (χ1) is 13.2. The van der Waals surface area contributed by atoms with E-state index in [-0.39, 0.29) is 17.9 Å². The van der Waals surface area contributed by atoms with Crippen molar-refractivity contribution in [1.82, 2.24) is 10.2 Å². The zero-order valence-electron chi connectivity index (χ0n) is 15.7. The van der Waals surface area contributed by atoms with Crippen LogP contribution in [-0.2, 0) is 17.8 Å².